The van der Waals surface area contributed by atoms with Crippen LogP contribution >= 0.6 is 0 Å². The van der Waals surface area contributed by atoms with Gasteiger partial charge in [0.05, 0.1) is 5.60 Å². The molecule has 1 saturated carbocycles. The van der Waals surface area contributed by atoms with Gasteiger partial charge in [-0.25, -0.2) is 0 Å². The van der Waals surface area contributed by atoms with Crippen molar-refractivity contribution >= 4 is 5.69 Å². The number of pyridine rings is 1. The minimum Gasteiger partial charge on any atom is -0.398 e. The van der Waals surface area contributed by atoms with E-state index in [1.807, 2.05) is 0 Å². The molecule has 1 heterocycles. The van der Waals surface area contributed by atoms with Crippen LogP contribution < -0.4 is 5.73 Å². The van der Waals surface area contributed by atoms with Crippen LogP contribution in [0.4, 0.5) is 5.69 Å². The first kappa shape index (κ1) is 12.4. The predicted molar refractivity (Wildman–Crippen MR) is 69.6 cm³/mol. The molecule has 1 aliphatic rings. The molecule has 94 valence electrons. The maximum atomic E-state index is 10.9. The molecule has 3 nitrogen and oxygen atoms in total. The standard InChI is InChI=1S/C14H22N2O/c1-13(2)6-3-4-7-14(13,17)9-11-10-16-8-5-12(11)15/h5,8,10,17H,3-4,6-7,9H2,1-2H3,(H2,15,16). The van der Waals surface area contributed by atoms with Gasteiger partial charge in [-0.1, -0.05) is 26.7 Å². The van der Waals surface area contributed by atoms with Crippen LogP contribution in [-0.4, -0.2) is 15.7 Å². The number of nitrogens with two attached hydrogens (primary N) is 1. The summed E-state index contributed by atoms with van der Waals surface area (Å²) in [5, 5.41) is 10.9. The molecule has 2 rings (SSSR count). The zero-order valence-electron chi connectivity index (χ0n) is 10.7. The molecule has 0 bridgehead atoms. The molecule has 1 aliphatic carbocycles. The molecule has 0 spiro atoms. The number of anilines is 1. The van der Waals surface area contributed by atoms with Crippen LogP contribution in [0.15, 0.2) is 18.5 Å². The van der Waals surface area contributed by atoms with E-state index < -0.39 is 5.60 Å². The SMILES string of the molecule is CC1(C)CCCCC1(O)Cc1cnccc1N. The topological polar surface area (TPSA) is 59.1 Å². The summed E-state index contributed by atoms with van der Waals surface area (Å²) in [5.74, 6) is 0. The van der Waals surface area contributed by atoms with Gasteiger partial charge in [-0.15, -0.1) is 0 Å². The van der Waals surface area contributed by atoms with Crippen LogP contribution in [0.3, 0.4) is 0 Å². The van der Waals surface area contributed by atoms with Crippen molar-refractivity contribution < 1.29 is 5.11 Å². The van der Waals surface area contributed by atoms with E-state index in [0.717, 1.165) is 30.5 Å². The average Bonchev–Trinajstić information content (AvgIpc) is 2.26. The number of rotatable bonds is 2. The summed E-state index contributed by atoms with van der Waals surface area (Å²) in [5.41, 5.74) is 6.93. The lowest BCUT2D eigenvalue weighted by Gasteiger charge is -2.46. The summed E-state index contributed by atoms with van der Waals surface area (Å²) < 4.78 is 0. The Hall–Kier alpha value is -1.09. The Morgan fingerprint density at radius 1 is 1.35 bits per heavy atom. The van der Waals surface area contributed by atoms with Gasteiger partial charge in [-0.05, 0) is 29.9 Å². The van der Waals surface area contributed by atoms with Gasteiger partial charge in [0.2, 0.25) is 0 Å². The van der Waals surface area contributed by atoms with E-state index in [2.05, 4.69) is 18.8 Å². The van der Waals surface area contributed by atoms with Crippen LogP contribution in [0, 0.1) is 5.41 Å². The highest BCUT2D eigenvalue weighted by molar-refractivity contribution is 5.45. The summed E-state index contributed by atoms with van der Waals surface area (Å²) >= 11 is 0. The smallest absolute Gasteiger partial charge is 0.0739 e. The lowest BCUT2D eigenvalue weighted by Crippen LogP contribution is -2.48. The van der Waals surface area contributed by atoms with Crippen molar-refractivity contribution in [3.05, 3.63) is 24.0 Å². The highest BCUT2D eigenvalue weighted by Crippen LogP contribution is 2.45. The molecule has 17 heavy (non-hydrogen) atoms. The first-order chi connectivity index (χ1) is 7.95. The molecular formula is C14H22N2O. The zero-order valence-corrected chi connectivity index (χ0v) is 10.7. The molecule has 3 N–H and O–H groups in total. The minimum atomic E-state index is -0.650. The molecule has 3 heteroatoms. The van der Waals surface area contributed by atoms with Crippen LogP contribution in [0.25, 0.3) is 0 Å². The third-order valence-electron chi connectivity index (χ3n) is 4.33. The van der Waals surface area contributed by atoms with Crippen LogP contribution in [-0.2, 0) is 6.42 Å². The lowest BCUT2D eigenvalue weighted by atomic mass is 9.63. The number of nitrogens with zero attached hydrogens (tertiary/aromatic N) is 1. The Morgan fingerprint density at radius 2 is 2.06 bits per heavy atom. The van der Waals surface area contributed by atoms with Gasteiger partial charge in [0.15, 0.2) is 0 Å². The Balaban J connectivity index is 2.24. The first-order valence-corrected chi connectivity index (χ1v) is 6.35. The number of hydrogen-bond donors (Lipinski definition) is 2. The van der Waals surface area contributed by atoms with Crippen molar-refractivity contribution in [2.75, 3.05) is 5.73 Å². The van der Waals surface area contributed by atoms with E-state index in [1.165, 1.54) is 6.42 Å². The second-order valence-corrected chi connectivity index (χ2v) is 5.87. The zero-order chi connectivity index (χ0) is 12.5. The van der Waals surface area contributed by atoms with E-state index in [4.69, 9.17) is 5.73 Å². The number of hydrogen-bond acceptors (Lipinski definition) is 3. The highest BCUT2D eigenvalue weighted by atomic mass is 16.3. The Kier molecular flexibility index (Phi) is 3.13. The van der Waals surface area contributed by atoms with E-state index in [9.17, 15) is 5.11 Å². The maximum absolute atomic E-state index is 10.9. The second-order valence-electron chi connectivity index (χ2n) is 5.87. The van der Waals surface area contributed by atoms with Crippen molar-refractivity contribution in [2.45, 2.75) is 51.6 Å². The van der Waals surface area contributed by atoms with Gasteiger partial charge < -0.3 is 10.8 Å². The van der Waals surface area contributed by atoms with Gasteiger partial charge in [-0.3, -0.25) is 4.98 Å². The fraction of sp³-hybridized carbons (Fsp3) is 0.643. The third kappa shape index (κ3) is 2.29. The summed E-state index contributed by atoms with van der Waals surface area (Å²) in [6.07, 6.45) is 8.31. The molecule has 1 atom stereocenters. The monoisotopic (exact) mass is 234 g/mol. The van der Waals surface area contributed by atoms with Crippen molar-refractivity contribution in [1.29, 1.82) is 0 Å². The van der Waals surface area contributed by atoms with Crippen LogP contribution in [0.5, 0.6) is 0 Å². The summed E-state index contributed by atoms with van der Waals surface area (Å²) in [4.78, 5) is 4.10. The summed E-state index contributed by atoms with van der Waals surface area (Å²) in [6, 6.07) is 1.80. The van der Waals surface area contributed by atoms with Crippen molar-refractivity contribution in [3.8, 4) is 0 Å². The van der Waals surface area contributed by atoms with Gasteiger partial charge in [0.1, 0.15) is 0 Å². The first-order valence-electron chi connectivity index (χ1n) is 6.35. The molecule has 0 aromatic carbocycles. The maximum Gasteiger partial charge on any atom is 0.0739 e. The Labute approximate surface area is 103 Å². The number of aromatic nitrogens is 1. The molecule has 0 amide bonds. The average molecular weight is 234 g/mol. The van der Waals surface area contributed by atoms with Gasteiger partial charge >= 0.3 is 0 Å². The molecule has 0 saturated heterocycles. The quantitative estimate of drug-likeness (QED) is 0.826. The van der Waals surface area contributed by atoms with E-state index >= 15 is 0 Å². The summed E-state index contributed by atoms with van der Waals surface area (Å²) in [7, 11) is 0. The largest absolute Gasteiger partial charge is 0.398 e. The van der Waals surface area contributed by atoms with Crippen molar-refractivity contribution in [2.24, 2.45) is 5.41 Å². The molecular weight excluding hydrogens is 212 g/mol. The van der Waals surface area contributed by atoms with Gasteiger partial charge in [0, 0.05) is 24.5 Å². The molecule has 1 fully saturated rings. The highest BCUT2D eigenvalue weighted by Gasteiger charge is 2.45. The Morgan fingerprint density at radius 3 is 2.71 bits per heavy atom. The Bertz CT molecular complexity index is 403. The fourth-order valence-corrected chi connectivity index (χ4v) is 2.78. The molecule has 0 aliphatic heterocycles. The van der Waals surface area contributed by atoms with Crippen molar-refractivity contribution in [1.82, 2.24) is 4.98 Å². The molecule has 1 unspecified atom stereocenters. The van der Waals surface area contributed by atoms with E-state index in [0.29, 0.717) is 6.42 Å². The lowest BCUT2D eigenvalue weighted by molar-refractivity contribution is -0.0957. The molecule has 1 aromatic rings. The predicted octanol–water partition coefficient (Wildman–Crippen LogP) is 2.54. The van der Waals surface area contributed by atoms with Crippen LogP contribution in [0.2, 0.25) is 0 Å². The third-order valence-corrected chi connectivity index (χ3v) is 4.33. The second kappa shape index (κ2) is 4.30. The number of nitrogen functional groups attached to an aromatic ring is 1. The number of aliphatic hydroxyl groups is 1. The normalized spacial score (nSPS) is 27.9. The minimum absolute atomic E-state index is 0.0481. The van der Waals surface area contributed by atoms with Crippen molar-refractivity contribution in [3.63, 3.8) is 0 Å². The van der Waals surface area contributed by atoms with Gasteiger partial charge in [0.25, 0.3) is 0 Å². The summed E-state index contributed by atoms with van der Waals surface area (Å²) in [6.45, 7) is 4.30. The van der Waals surface area contributed by atoms with E-state index in [-0.39, 0.29) is 5.41 Å². The van der Waals surface area contributed by atoms with E-state index in [1.54, 1.807) is 18.5 Å². The molecule has 1 aromatic heterocycles. The van der Waals surface area contributed by atoms with Gasteiger partial charge in [-0.2, -0.15) is 0 Å². The van der Waals surface area contributed by atoms with Crippen LogP contribution in [0.1, 0.15) is 45.1 Å². The fourth-order valence-electron chi connectivity index (χ4n) is 2.78. The molecule has 0 radical (unpaired) electrons.